The third kappa shape index (κ3) is 3.74. The lowest BCUT2D eigenvalue weighted by atomic mass is 9.74. The van der Waals surface area contributed by atoms with Crippen LogP contribution in [0.2, 0.25) is 0 Å². The SMILES string of the molecule is O=C1CC2(CCNCC2)c2cc(-c3c[nH]c4ncc(-c5cc(F)c(F)c(N6CCNCC6)c5)cc34)ccc21. The van der Waals surface area contributed by atoms with Gasteiger partial charge in [-0.25, -0.2) is 13.8 Å². The van der Waals surface area contributed by atoms with Crippen molar-refractivity contribution in [3.63, 3.8) is 0 Å². The number of nitrogens with zero attached hydrogens (tertiary/aromatic N) is 2. The van der Waals surface area contributed by atoms with Gasteiger partial charge in [0.15, 0.2) is 17.4 Å². The standard InChI is InChI=1S/C30H29F2N5O/c31-25-13-19(14-26(28(25)32)37-9-7-34-8-10-37)20-11-22-23(17-36-29(22)35-16-20)18-1-2-21-24(12-18)30(15-27(21)38)3-5-33-6-4-30/h1-2,11-14,16-17,33-34H,3-10,15H2,(H,35,36). The van der Waals surface area contributed by atoms with Crippen molar-refractivity contribution in [2.45, 2.75) is 24.7 Å². The molecular weight excluding hydrogens is 484 g/mol. The van der Waals surface area contributed by atoms with E-state index >= 15 is 0 Å². The highest BCUT2D eigenvalue weighted by Crippen LogP contribution is 2.46. The molecule has 8 heteroatoms. The minimum absolute atomic E-state index is 0.0881. The van der Waals surface area contributed by atoms with Crippen LogP contribution in [-0.2, 0) is 5.41 Å². The summed E-state index contributed by atoms with van der Waals surface area (Å²) in [6.45, 7) is 4.54. The Balaban J connectivity index is 1.31. The zero-order valence-electron chi connectivity index (χ0n) is 21.0. The first-order valence-electron chi connectivity index (χ1n) is 13.3. The first-order valence-corrected chi connectivity index (χ1v) is 13.3. The van der Waals surface area contributed by atoms with Crippen molar-refractivity contribution in [1.82, 2.24) is 20.6 Å². The predicted molar refractivity (Wildman–Crippen MR) is 145 cm³/mol. The molecule has 3 N–H and O–H groups in total. The zero-order chi connectivity index (χ0) is 25.9. The normalized spacial score (nSPS) is 18.9. The number of benzene rings is 2. The molecule has 4 aromatic rings. The smallest absolute Gasteiger partial charge is 0.182 e. The molecule has 4 heterocycles. The Bertz CT molecular complexity index is 1570. The van der Waals surface area contributed by atoms with Gasteiger partial charge in [0.1, 0.15) is 5.65 Å². The van der Waals surface area contributed by atoms with Crippen LogP contribution in [0.4, 0.5) is 14.5 Å². The van der Waals surface area contributed by atoms with Crippen LogP contribution in [0.25, 0.3) is 33.3 Å². The van der Waals surface area contributed by atoms with Gasteiger partial charge in [-0.05, 0) is 66.9 Å². The van der Waals surface area contributed by atoms with Crippen molar-refractivity contribution >= 4 is 22.5 Å². The van der Waals surface area contributed by atoms with Crippen molar-refractivity contribution in [1.29, 1.82) is 0 Å². The van der Waals surface area contributed by atoms with Crippen LogP contribution >= 0.6 is 0 Å². The number of H-pyrrole nitrogens is 1. The van der Waals surface area contributed by atoms with Crippen molar-refractivity contribution < 1.29 is 13.6 Å². The van der Waals surface area contributed by atoms with E-state index in [0.717, 1.165) is 77.9 Å². The number of nitrogens with one attached hydrogen (secondary N) is 3. The molecule has 2 fully saturated rings. The van der Waals surface area contributed by atoms with E-state index in [2.05, 4.69) is 26.7 Å². The Morgan fingerprint density at radius 1 is 0.868 bits per heavy atom. The molecule has 1 aliphatic carbocycles. The van der Waals surface area contributed by atoms with E-state index in [9.17, 15) is 13.6 Å². The van der Waals surface area contributed by atoms with Gasteiger partial charge in [0, 0.05) is 72.5 Å². The fraction of sp³-hybridized carbons (Fsp3) is 0.333. The third-order valence-electron chi connectivity index (χ3n) is 8.59. The summed E-state index contributed by atoms with van der Waals surface area (Å²) >= 11 is 0. The van der Waals surface area contributed by atoms with Crippen LogP contribution in [0.1, 0.15) is 35.2 Å². The van der Waals surface area contributed by atoms with E-state index in [1.54, 1.807) is 12.3 Å². The summed E-state index contributed by atoms with van der Waals surface area (Å²) in [7, 11) is 0. The molecule has 0 bridgehead atoms. The highest BCUT2D eigenvalue weighted by Gasteiger charge is 2.43. The summed E-state index contributed by atoms with van der Waals surface area (Å²) in [6, 6.07) is 11.1. The van der Waals surface area contributed by atoms with Gasteiger partial charge in [-0.15, -0.1) is 0 Å². The summed E-state index contributed by atoms with van der Waals surface area (Å²) in [5.41, 5.74) is 6.23. The topological polar surface area (TPSA) is 73.0 Å². The molecule has 38 heavy (non-hydrogen) atoms. The molecule has 0 radical (unpaired) electrons. The number of pyridine rings is 1. The fourth-order valence-electron chi connectivity index (χ4n) is 6.52. The van der Waals surface area contributed by atoms with Gasteiger partial charge in [-0.1, -0.05) is 12.1 Å². The summed E-state index contributed by atoms with van der Waals surface area (Å²) in [5.74, 6) is -1.44. The van der Waals surface area contributed by atoms with Gasteiger partial charge in [0.25, 0.3) is 0 Å². The van der Waals surface area contributed by atoms with E-state index in [0.29, 0.717) is 25.1 Å². The summed E-state index contributed by atoms with van der Waals surface area (Å²) in [6.07, 6.45) is 6.13. The maximum Gasteiger partial charge on any atom is 0.182 e. The molecular formula is C30H29F2N5O. The van der Waals surface area contributed by atoms with E-state index in [1.807, 2.05) is 29.3 Å². The highest BCUT2D eigenvalue weighted by molar-refractivity contribution is 6.04. The Kier molecular flexibility index (Phi) is 5.56. The molecule has 2 saturated heterocycles. The second-order valence-corrected chi connectivity index (χ2v) is 10.7. The van der Waals surface area contributed by atoms with Crippen LogP contribution in [-0.4, -0.2) is 55.0 Å². The second-order valence-electron chi connectivity index (χ2n) is 10.7. The van der Waals surface area contributed by atoms with Crippen LogP contribution in [0.5, 0.6) is 0 Å². The van der Waals surface area contributed by atoms with E-state index < -0.39 is 11.6 Å². The minimum Gasteiger partial charge on any atom is -0.367 e. The number of rotatable bonds is 3. The summed E-state index contributed by atoms with van der Waals surface area (Å²) in [4.78, 5) is 22.6. The molecule has 3 aliphatic rings. The van der Waals surface area contributed by atoms with Gasteiger partial charge < -0.3 is 20.5 Å². The van der Waals surface area contributed by atoms with E-state index in [4.69, 9.17) is 0 Å². The number of piperazine rings is 1. The van der Waals surface area contributed by atoms with Gasteiger partial charge in [-0.3, -0.25) is 4.79 Å². The number of halogens is 2. The van der Waals surface area contributed by atoms with Crippen molar-refractivity contribution in [2.75, 3.05) is 44.2 Å². The number of piperidine rings is 1. The fourth-order valence-corrected chi connectivity index (χ4v) is 6.52. The van der Waals surface area contributed by atoms with E-state index in [1.165, 1.54) is 6.07 Å². The van der Waals surface area contributed by atoms with Crippen LogP contribution in [0, 0.1) is 11.6 Å². The van der Waals surface area contributed by atoms with Gasteiger partial charge in [0.2, 0.25) is 0 Å². The lowest BCUT2D eigenvalue weighted by molar-refractivity contribution is 0.0964. The van der Waals surface area contributed by atoms with E-state index in [-0.39, 0.29) is 16.9 Å². The number of aromatic amines is 1. The molecule has 7 rings (SSSR count). The third-order valence-corrected chi connectivity index (χ3v) is 8.59. The van der Waals surface area contributed by atoms with Crippen LogP contribution in [0.3, 0.4) is 0 Å². The summed E-state index contributed by atoms with van der Waals surface area (Å²) in [5, 5.41) is 7.57. The van der Waals surface area contributed by atoms with Gasteiger partial charge in [0.05, 0.1) is 5.69 Å². The number of ketones is 1. The average Bonchev–Trinajstić information content (AvgIpc) is 3.49. The van der Waals surface area contributed by atoms with Crippen molar-refractivity contribution in [2.24, 2.45) is 0 Å². The lowest BCUT2D eigenvalue weighted by Crippen LogP contribution is -2.44. The molecule has 1 spiro atoms. The van der Waals surface area contributed by atoms with Crippen molar-refractivity contribution in [3.05, 3.63) is 71.6 Å². The first-order chi connectivity index (χ1) is 18.5. The Hall–Kier alpha value is -3.62. The molecule has 0 saturated carbocycles. The van der Waals surface area contributed by atoms with Crippen LogP contribution in [0.15, 0.2) is 48.8 Å². The molecule has 2 aromatic heterocycles. The van der Waals surface area contributed by atoms with Gasteiger partial charge >= 0.3 is 0 Å². The van der Waals surface area contributed by atoms with Gasteiger partial charge in [-0.2, -0.15) is 0 Å². The molecule has 0 unspecified atom stereocenters. The number of hydrogen-bond acceptors (Lipinski definition) is 5. The summed E-state index contributed by atoms with van der Waals surface area (Å²) < 4.78 is 29.5. The monoisotopic (exact) mass is 513 g/mol. The lowest BCUT2D eigenvalue weighted by Gasteiger charge is -2.34. The molecule has 0 atom stereocenters. The van der Waals surface area contributed by atoms with Crippen LogP contribution < -0.4 is 15.5 Å². The predicted octanol–water partition coefficient (Wildman–Crippen LogP) is 4.79. The molecule has 2 aromatic carbocycles. The second kappa shape index (κ2) is 8.99. The number of carbonyl (C=O) groups is 1. The molecule has 0 amide bonds. The maximum absolute atomic E-state index is 14.8. The molecule has 2 aliphatic heterocycles. The van der Waals surface area contributed by atoms with Crippen molar-refractivity contribution in [3.8, 4) is 22.3 Å². The average molecular weight is 514 g/mol. The number of Topliss-reactive ketones (excluding diaryl/α,β-unsaturated/α-hetero) is 1. The number of hydrogen-bond donors (Lipinski definition) is 3. The quantitative estimate of drug-likeness (QED) is 0.367. The Morgan fingerprint density at radius 2 is 1.66 bits per heavy atom. The largest absolute Gasteiger partial charge is 0.367 e. The first kappa shape index (κ1) is 23.5. The number of fused-ring (bicyclic) bond motifs is 3. The Morgan fingerprint density at radius 3 is 2.47 bits per heavy atom. The number of aromatic nitrogens is 2. The molecule has 194 valence electrons. The Labute approximate surface area is 219 Å². The maximum atomic E-state index is 14.8. The highest BCUT2D eigenvalue weighted by atomic mass is 19.2. The number of carbonyl (C=O) groups excluding carboxylic acids is 1. The number of anilines is 1. The zero-order valence-corrected chi connectivity index (χ0v) is 21.0. The molecule has 6 nitrogen and oxygen atoms in total. The minimum atomic E-state index is -0.860.